The maximum absolute atomic E-state index is 12.1. The lowest BCUT2D eigenvalue weighted by Gasteiger charge is -2.26. The summed E-state index contributed by atoms with van der Waals surface area (Å²) in [6.45, 7) is 0. The third-order valence-corrected chi connectivity index (χ3v) is 7.69. The smallest absolute Gasteiger partial charge is 0.164 e. The number of thioether (sulfide) groups is 1. The van der Waals surface area contributed by atoms with Gasteiger partial charge in [0.2, 0.25) is 0 Å². The Kier molecular flexibility index (Phi) is 4.94. The lowest BCUT2D eigenvalue weighted by atomic mass is 10.1. The van der Waals surface area contributed by atoms with Crippen LogP contribution in [0.3, 0.4) is 0 Å². The normalized spacial score (nSPS) is 23.8. The molecule has 1 saturated heterocycles. The van der Waals surface area contributed by atoms with Gasteiger partial charge in [-0.2, -0.15) is 0 Å². The van der Waals surface area contributed by atoms with Gasteiger partial charge in [0.25, 0.3) is 0 Å². The van der Waals surface area contributed by atoms with Crippen LogP contribution >= 0.6 is 35.0 Å². The van der Waals surface area contributed by atoms with Gasteiger partial charge < -0.3 is 4.90 Å². The number of nitrogens with zero attached hydrogens (tertiary/aromatic N) is 2. The van der Waals surface area contributed by atoms with E-state index in [4.69, 9.17) is 28.2 Å². The molecule has 2 aliphatic heterocycles. The molecule has 0 aromatic heterocycles. The fourth-order valence-electron chi connectivity index (χ4n) is 3.31. The van der Waals surface area contributed by atoms with Gasteiger partial charge in [0, 0.05) is 21.5 Å². The van der Waals surface area contributed by atoms with E-state index < -0.39 is 9.84 Å². The van der Waals surface area contributed by atoms with Crippen LogP contribution in [0, 0.1) is 0 Å². The summed E-state index contributed by atoms with van der Waals surface area (Å²) < 4.78 is 24.1. The molecule has 2 aromatic rings. The molecule has 2 atom stereocenters. The van der Waals surface area contributed by atoms with Crippen molar-refractivity contribution in [2.75, 3.05) is 16.4 Å². The van der Waals surface area contributed by atoms with Gasteiger partial charge in [0.05, 0.1) is 23.6 Å². The number of fused-ring (bicyclic) bond motifs is 1. The number of amidine groups is 1. The maximum atomic E-state index is 12.1. The number of halogens is 2. The van der Waals surface area contributed by atoms with Crippen LogP contribution in [0.1, 0.15) is 5.56 Å². The van der Waals surface area contributed by atoms with Gasteiger partial charge in [-0.15, -0.1) is 0 Å². The number of hydrogen-bond donors (Lipinski definition) is 0. The molecule has 1 fully saturated rings. The van der Waals surface area contributed by atoms with E-state index in [1.807, 2.05) is 53.4 Å². The molecular weight excluding hydrogens is 411 g/mol. The average Bonchev–Trinajstić information content (AvgIpc) is 3.05. The summed E-state index contributed by atoms with van der Waals surface area (Å²) in [4.78, 5) is 6.77. The van der Waals surface area contributed by atoms with Gasteiger partial charge >= 0.3 is 0 Å². The Balaban J connectivity index is 1.61. The minimum Gasteiger partial charge on any atom is -0.315 e. The van der Waals surface area contributed by atoms with E-state index in [2.05, 4.69) is 0 Å². The Morgan fingerprint density at radius 2 is 1.85 bits per heavy atom. The minimum absolute atomic E-state index is 0.114. The number of anilines is 1. The van der Waals surface area contributed by atoms with E-state index in [1.165, 1.54) is 0 Å². The van der Waals surface area contributed by atoms with Crippen molar-refractivity contribution in [1.29, 1.82) is 0 Å². The maximum Gasteiger partial charge on any atom is 0.164 e. The molecule has 26 heavy (non-hydrogen) atoms. The van der Waals surface area contributed by atoms with Gasteiger partial charge in [-0.05, 0) is 42.0 Å². The summed E-state index contributed by atoms with van der Waals surface area (Å²) in [5.41, 5.74) is 2.02. The first-order chi connectivity index (χ1) is 12.4. The van der Waals surface area contributed by atoms with E-state index in [0.29, 0.717) is 10.0 Å². The average molecular weight is 427 g/mol. The Morgan fingerprint density at radius 1 is 1.08 bits per heavy atom. The molecule has 2 aliphatic rings. The second kappa shape index (κ2) is 7.08. The van der Waals surface area contributed by atoms with Crippen LogP contribution in [-0.2, 0) is 15.6 Å². The van der Waals surface area contributed by atoms with Crippen molar-refractivity contribution in [3.8, 4) is 0 Å². The summed E-state index contributed by atoms with van der Waals surface area (Å²) in [6.07, 6.45) is 0. The fraction of sp³-hybridized carbons (Fsp3) is 0.278. The lowest BCUT2D eigenvalue weighted by Crippen LogP contribution is -2.39. The molecule has 4 rings (SSSR count). The second-order valence-electron chi connectivity index (χ2n) is 6.39. The summed E-state index contributed by atoms with van der Waals surface area (Å²) in [6, 6.07) is 14.8. The summed E-state index contributed by atoms with van der Waals surface area (Å²) in [5, 5.41) is 2.19. The fourth-order valence-corrected chi connectivity index (χ4v) is 6.56. The predicted octanol–water partition coefficient (Wildman–Crippen LogP) is 4.27. The first-order valence-electron chi connectivity index (χ1n) is 8.11. The van der Waals surface area contributed by atoms with Crippen LogP contribution in [0.2, 0.25) is 10.0 Å². The third kappa shape index (κ3) is 3.74. The zero-order valence-electron chi connectivity index (χ0n) is 13.7. The first-order valence-corrected chi connectivity index (χ1v) is 11.7. The SMILES string of the molecule is O=S1(=O)C[C@H]2N=C(SCc3cccc(Cl)c3)N(c3ccc(Cl)cc3)[C@H]2C1. The highest BCUT2D eigenvalue weighted by Crippen LogP contribution is 2.36. The third-order valence-electron chi connectivity index (χ3n) is 4.47. The number of aliphatic imine (C=N–C) groups is 1. The number of benzene rings is 2. The van der Waals surface area contributed by atoms with Gasteiger partial charge in [-0.1, -0.05) is 47.1 Å². The summed E-state index contributed by atoms with van der Waals surface area (Å²) in [7, 11) is -3.05. The molecule has 0 saturated carbocycles. The zero-order valence-corrected chi connectivity index (χ0v) is 16.8. The minimum atomic E-state index is -3.05. The van der Waals surface area contributed by atoms with Crippen molar-refractivity contribution in [3.63, 3.8) is 0 Å². The van der Waals surface area contributed by atoms with Crippen LogP contribution in [-0.4, -0.2) is 37.2 Å². The molecule has 0 radical (unpaired) electrons. The van der Waals surface area contributed by atoms with Crippen molar-refractivity contribution in [1.82, 2.24) is 0 Å². The van der Waals surface area contributed by atoms with Gasteiger partial charge in [0.15, 0.2) is 15.0 Å². The molecular formula is C18H16Cl2N2O2S2. The van der Waals surface area contributed by atoms with Gasteiger partial charge in [0.1, 0.15) is 0 Å². The monoisotopic (exact) mass is 426 g/mol. The molecule has 4 nitrogen and oxygen atoms in total. The van der Waals surface area contributed by atoms with Crippen molar-refractivity contribution in [2.24, 2.45) is 4.99 Å². The summed E-state index contributed by atoms with van der Waals surface area (Å²) >= 11 is 13.7. The van der Waals surface area contributed by atoms with Crippen LogP contribution < -0.4 is 4.90 Å². The molecule has 0 unspecified atom stereocenters. The molecule has 2 aromatic carbocycles. The lowest BCUT2D eigenvalue weighted by molar-refractivity contribution is 0.601. The van der Waals surface area contributed by atoms with E-state index in [9.17, 15) is 8.42 Å². The molecule has 0 N–H and O–H groups in total. The van der Waals surface area contributed by atoms with Crippen LogP contribution in [0.4, 0.5) is 5.69 Å². The largest absolute Gasteiger partial charge is 0.315 e. The molecule has 0 bridgehead atoms. The van der Waals surface area contributed by atoms with E-state index >= 15 is 0 Å². The zero-order chi connectivity index (χ0) is 18.3. The molecule has 2 heterocycles. The van der Waals surface area contributed by atoms with Crippen molar-refractivity contribution in [3.05, 3.63) is 64.1 Å². The highest BCUT2D eigenvalue weighted by Gasteiger charge is 2.47. The number of rotatable bonds is 3. The Morgan fingerprint density at radius 3 is 2.58 bits per heavy atom. The molecule has 8 heteroatoms. The van der Waals surface area contributed by atoms with E-state index in [-0.39, 0.29) is 23.6 Å². The molecule has 0 aliphatic carbocycles. The quantitative estimate of drug-likeness (QED) is 0.734. The Bertz CT molecular complexity index is 961. The van der Waals surface area contributed by atoms with Crippen LogP contribution in [0.5, 0.6) is 0 Å². The molecule has 0 amide bonds. The number of sulfone groups is 1. The van der Waals surface area contributed by atoms with Crippen LogP contribution in [0.25, 0.3) is 0 Å². The summed E-state index contributed by atoms with van der Waals surface area (Å²) in [5.74, 6) is 0.962. The van der Waals surface area contributed by atoms with E-state index in [0.717, 1.165) is 22.2 Å². The Labute approximate surface area is 167 Å². The van der Waals surface area contributed by atoms with Crippen molar-refractivity contribution in [2.45, 2.75) is 17.8 Å². The van der Waals surface area contributed by atoms with Crippen molar-refractivity contribution < 1.29 is 8.42 Å². The van der Waals surface area contributed by atoms with Crippen LogP contribution in [0.15, 0.2) is 53.5 Å². The molecule has 0 spiro atoms. The predicted molar refractivity (Wildman–Crippen MR) is 110 cm³/mol. The van der Waals surface area contributed by atoms with Gasteiger partial charge in [-0.3, -0.25) is 4.99 Å². The topological polar surface area (TPSA) is 49.7 Å². The second-order valence-corrected chi connectivity index (χ2v) is 10.4. The highest BCUT2D eigenvalue weighted by atomic mass is 35.5. The first kappa shape index (κ1) is 18.2. The van der Waals surface area contributed by atoms with Crippen molar-refractivity contribution >= 4 is 55.7 Å². The van der Waals surface area contributed by atoms with E-state index in [1.54, 1.807) is 11.8 Å². The molecule has 136 valence electrons. The van der Waals surface area contributed by atoms with Gasteiger partial charge in [-0.25, -0.2) is 8.42 Å². The standard InChI is InChI=1S/C18H16Cl2N2O2S2/c19-13-4-6-15(7-5-13)22-17-11-26(23,24)10-16(17)21-18(22)25-9-12-2-1-3-14(20)8-12/h1-8,16-17H,9-11H2/t16-,17+/m1/s1. The Hall–Kier alpha value is -1.21. The number of hydrogen-bond acceptors (Lipinski definition) is 5. The highest BCUT2D eigenvalue weighted by molar-refractivity contribution is 8.13.